The van der Waals surface area contributed by atoms with Gasteiger partial charge in [-0.15, -0.1) is 0 Å². The predicted molar refractivity (Wildman–Crippen MR) is 55.0 cm³/mol. The van der Waals surface area contributed by atoms with Gasteiger partial charge >= 0.3 is 5.97 Å². The molecular formula is C10H14N2O4. The lowest BCUT2D eigenvalue weighted by Crippen LogP contribution is -2.44. The van der Waals surface area contributed by atoms with E-state index in [-0.39, 0.29) is 11.5 Å². The van der Waals surface area contributed by atoms with Crippen molar-refractivity contribution in [1.29, 1.82) is 0 Å². The average Bonchev–Trinajstić information content (AvgIpc) is 2.59. The molecule has 0 aliphatic heterocycles. The Kier molecular flexibility index (Phi) is 3.65. The van der Waals surface area contributed by atoms with Crippen molar-refractivity contribution < 1.29 is 19.2 Å². The second-order valence-corrected chi connectivity index (χ2v) is 3.85. The normalized spacial score (nSPS) is 12.5. The molecule has 6 nitrogen and oxygen atoms in total. The quantitative estimate of drug-likeness (QED) is 0.792. The summed E-state index contributed by atoms with van der Waals surface area (Å²) in [5, 5.41) is 14.9. The minimum atomic E-state index is -1.06. The number of aliphatic carboxylic acids is 1. The van der Waals surface area contributed by atoms with Crippen molar-refractivity contribution in [2.75, 3.05) is 0 Å². The van der Waals surface area contributed by atoms with Crippen LogP contribution in [-0.4, -0.2) is 28.2 Å². The number of amides is 1. The molecule has 0 spiro atoms. The van der Waals surface area contributed by atoms with E-state index in [9.17, 15) is 9.59 Å². The molecule has 1 atom stereocenters. The number of aryl methyl sites for hydroxylation is 1. The molecular weight excluding hydrogens is 212 g/mol. The Morgan fingerprint density at radius 1 is 1.50 bits per heavy atom. The highest BCUT2D eigenvalue weighted by atomic mass is 16.5. The van der Waals surface area contributed by atoms with Crippen LogP contribution in [0.3, 0.4) is 0 Å². The number of nitrogens with one attached hydrogen (secondary N) is 1. The molecule has 1 aromatic heterocycles. The van der Waals surface area contributed by atoms with Crippen LogP contribution < -0.4 is 5.32 Å². The Hall–Kier alpha value is -1.85. The van der Waals surface area contributed by atoms with Crippen LogP contribution in [-0.2, 0) is 4.79 Å². The molecule has 0 aliphatic carbocycles. The highest BCUT2D eigenvalue weighted by Gasteiger charge is 2.25. The first kappa shape index (κ1) is 12.2. The largest absolute Gasteiger partial charge is 0.480 e. The Bertz CT molecular complexity index is 397. The molecule has 0 saturated heterocycles. The Labute approximate surface area is 92.6 Å². The van der Waals surface area contributed by atoms with Crippen molar-refractivity contribution in [1.82, 2.24) is 10.5 Å². The number of carboxylic acids is 1. The van der Waals surface area contributed by atoms with Crippen LogP contribution in [0.25, 0.3) is 0 Å². The smallest absolute Gasteiger partial charge is 0.326 e. The fourth-order valence-corrected chi connectivity index (χ4v) is 1.24. The number of carboxylic acid groups (broad SMARTS) is 1. The van der Waals surface area contributed by atoms with Crippen LogP contribution in [0.15, 0.2) is 10.8 Å². The van der Waals surface area contributed by atoms with Crippen LogP contribution in [0.1, 0.15) is 29.9 Å². The summed E-state index contributed by atoms with van der Waals surface area (Å²) >= 11 is 0. The van der Waals surface area contributed by atoms with Gasteiger partial charge in [0.25, 0.3) is 5.91 Å². The van der Waals surface area contributed by atoms with E-state index in [1.165, 1.54) is 6.26 Å². The maximum Gasteiger partial charge on any atom is 0.326 e. The molecule has 0 unspecified atom stereocenters. The molecule has 2 N–H and O–H groups in total. The summed E-state index contributed by atoms with van der Waals surface area (Å²) in [6, 6.07) is -0.915. The first-order valence-corrected chi connectivity index (χ1v) is 4.88. The number of hydrogen-bond acceptors (Lipinski definition) is 4. The van der Waals surface area contributed by atoms with Gasteiger partial charge in [-0.1, -0.05) is 19.0 Å². The van der Waals surface area contributed by atoms with Crippen molar-refractivity contribution >= 4 is 11.9 Å². The number of hydrogen-bond donors (Lipinski definition) is 2. The molecule has 1 heterocycles. The van der Waals surface area contributed by atoms with E-state index in [4.69, 9.17) is 5.11 Å². The van der Waals surface area contributed by atoms with E-state index in [0.717, 1.165) is 0 Å². The molecule has 0 saturated carbocycles. The van der Waals surface area contributed by atoms with E-state index >= 15 is 0 Å². The maximum absolute atomic E-state index is 11.7. The van der Waals surface area contributed by atoms with E-state index in [1.807, 2.05) is 0 Å². The molecule has 6 heteroatoms. The van der Waals surface area contributed by atoms with Gasteiger partial charge in [0.05, 0.1) is 5.69 Å². The zero-order chi connectivity index (χ0) is 12.3. The predicted octanol–water partition coefficient (Wildman–Crippen LogP) is 0.822. The Morgan fingerprint density at radius 2 is 2.12 bits per heavy atom. The zero-order valence-electron chi connectivity index (χ0n) is 9.35. The topological polar surface area (TPSA) is 92.4 Å². The van der Waals surface area contributed by atoms with Crippen LogP contribution in [0, 0.1) is 12.8 Å². The van der Waals surface area contributed by atoms with Gasteiger partial charge in [-0.05, 0) is 12.8 Å². The van der Waals surface area contributed by atoms with Crippen LogP contribution >= 0.6 is 0 Å². The molecule has 1 amide bonds. The first-order chi connectivity index (χ1) is 7.43. The van der Waals surface area contributed by atoms with Crippen molar-refractivity contribution in [3.63, 3.8) is 0 Å². The summed E-state index contributed by atoms with van der Waals surface area (Å²) < 4.78 is 4.61. The standard InChI is InChI=1S/C10H14N2O4/c1-5(2)8(10(14)15)11-9(13)7-4-16-12-6(7)3/h4-5,8H,1-3H3,(H,11,13)(H,14,15)/t8-/m0/s1. The lowest BCUT2D eigenvalue weighted by atomic mass is 10.0. The summed E-state index contributed by atoms with van der Waals surface area (Å²) in [5.41, 5.74) is 0.692. The number of carbonyl (C=O) groups is 2. The van der Waals surface area contributed by atoms with Gasteiger partial charge in [-0.3, -0.25) is 4.79 Å². The van der Waals surface area contributed by atoms with E-state index in [0.29, 0.717) is 5.69 Å². The van der Waals surface area contributed by atoms with Crippen LogP contribution in [0.4, 0.5) is 0 Å². The third kappa shape index (κ3) is 2.59. The van der Waals surface area contributed by atoms with Gasteiger partial charge in [0.15, 0.2) is 0 Å². The third-order valence-electron chi connectivity index (χ3n) is 2.21. The molecule has 0 bridgehead atoms. The number of rotatable bonds is 4. The summed E-state index contributed by atoms with van der Waals surface area (Å²) in [5.74, 6) is -1.74. The van der Waals surface area contributed by atoms with Crippen molar-refractivity contribution in [2.45, 2.75) is 26.8 Å². The summed E-state index contributed by atoms with van der Waals surface area (Å²) in [6.07, 6.45) is 1.20. The SMILES string of the molecule is Cc1nocc1C(=O)N[C@H](C(=O)O)C(C)C. The van der Waals surface area contributed by atoms with E-state index in [2.05, 4.69) is 15.0 Å². The van der Waals surface area contributed by atoms with Gasteiger partial charge in [0.2, 0.25) is 0 Å². The highest BCUT2D eigenvalue weighted by molar-refractivity contribution is 5.97. The molecule has 1 rings (SSSR count). The summed E-state index contributed by atoms with van der Waals surface area (Å²) in [6.45, 7) is 5.06. The molecule has 88 valence electrons. The fourth-order valence-electron chi connectivity index (χ4n) is 1.24. The van der Waals surface area contributed by atoms with Gasteiger partial charge in [-0.2, -0.15) is 0 Å². The molecule has 0 fully saturated rings. The fraction of sp³-hybridized carbons (Fsp3) is 0.500. The van der Waals surface area contributed by atoms with Gasteiger partial charge in [0, 0.05) is 0 Å². The minimum Gasteiger partial charge on any atom is -0.480 e. The van der Waals surface area contributed by atoms with Gasteiger partial charge < -0.3 is 14.9 Å². The number of carbonyl (C=O) groups excluding carboxylic acids is 1. The van der Waals surface area contributed by atoms with E-state index < -0.39 is 17.9 Å². The van der Waals surface area contributed by atoms with Gasteiger partial charge in [0.1, 0.15) is 17.9 Å². The number of aromatic nitrogens is 1. The minimum absolute atomic E-state index is 0.193. The molecule has 0 aromatic carbocycles. The molecule has 1 aromatic rings. The number of nitrogens with zero attached hydrogens (tertiary/aromatic N) is 1. The van der Waals surface area contributed by atoms with Crippen LogP contribution in [0.2, 0.25) is 0 Å². The van der Waals surface area contributed by atoms with Gasteiger partial charge in [-0.25, -0.2) is 4.79 Å². The first-order valence-electron chi connectivity index (χ1n) is 4.88. The monoisotopic (exact) mass is 226 g/mol. The second kappa shape index (κ2) is 4.78. The third-order valence-corrected chi connectivity index (χ3v) is 2.21. The van der Waals surface area contributed by atoms with E-state index in [1.54, 1.807) is 20.8 Å². The van der Waals surface area contributed by atoms with Crippen LogP contribution in [0.5, 0.6) is 0 Å². The average molecular weight is 226 g/mol. The van der Waals surface area contributed by atoms with Crippen molar-refractivity contribution in [2.24, 2.45) is 5.92 Å². The van der Waals surface area contributed by atoms with Crippen molar-refractivity contribution in [3.05, 3.63) is 17.5 Å². The second-order valence-electron chi connectivity index (χ2n) is 3.85. The lowest BCUT2D eigenvalue weighted by molar-refractivity contribution is -0.140. The molecule has 0 aliphatic rings. The summed E-state index contributed by atoms with van der Waals surface area (Å²) in [7, 11) is 0. The maximum atomic E-state index is 11.7. The Morgan fingerprint density at radius 3 is 2.50 bits per heavy atom. The van der Waals surface area contributed by atoms with Crippen molar-refractivity contribution in [3.8, 4) is 0 Å². The summed E-state index contributed by atoms with van der Waals surface area (Å²) in [4.78, 5) is 22.5. The molecule has 16 heavy (non-hydrogen) atoms. The zero-order valence-corrected chi connectivity index (χ0v) is 9.35. The lowest BCUT2D eigenvalue weighted by Gasteiger charge is -2.17. The molecule has 0 radical (unpaired) electrons. The highest BCUT2D eigenvalue weighted by Crippen LogP contribution is 2.07. The Balaban J connectivity index is 2.77.